The molecule has 0 aliphatic rings. The fourth-order valence-corrected chi connectivity index (χ4v) is 4.51. The van der Waals surface area contributed by atoms with Gasteiger partial charge in [-0.3, -0.25) is 9.98 Å². The van der Waals surface area contributed by atoms with Crippen molar-refractivity contribution < 1.29 is 0 Å². The highest BCUT2D eigenvalue weighted by Gasteiger charge is 2.08. The standard InChI is InChI=1S/C31H34N4S/c1-4-33-31(22-32-18-19-36-3)23(2)26-12-15-28-29(16-17-34-30(28)21-26)35-27-13-10-25(11-14-27)20-24-8-6-5-7-9-24/h4-17,21,32H,18-20,22H2,1-3H3,(H,34,35)/b31-23+,33-4?. The van der Waals surface area contributed by atoms with Gasteiger partial charge < -0.3 is 10.6 Å². The lowest BCUT2D eigenvalue weighted by atomic mass is 10.0. The molecule has 0 aliphatic carbocycles. The van der Waals surface area contributed by atoms with Crippen LogP contribution in [0.1, 0.15) is 30.5 Å². The summed E-state index contributed by atoms with van der Waals surface area (Å²) in [7, 11) is 0. The summed E-state index contributed by atoms with van der Waals surface area (Å²) in [5, 5.41) is 8.18. The van der Waals surface area contributed by atoms with Gasteiger partial charge >= 0.3 is 0 Å². The third-order valence-electron chi connectivity index (χ3n) is 6.15. The van der Waals surface area contributed by atoms with Crippen LogP contribution in [0.2, 0.25) is 0 Å². The minimum atomic E-state index is 0.754. The van der Waals surface area contributed by atoms with Crippen LogP contribution in [0, 0.1) is 0 Å². The van der Waals surface area contributed by atoms with E-state index < -0.39 is 0 Å². The van der Waals surface area contributed by atoms with Crippen molar-refractivity contribution in [2.75, 3.05) is 30.4 Å². The molecule has 0 aliphatic heterocycles. The summed E-state index contributed by atoms with van der Waals surface area (Å²) in [5.74, 6) is 1.09. The first-order chi connectivity index (χ1) is 17.7. The molecule has 0 saturated heterocycles. The Morgan fingerprint density at radius 3 is 2.50 bits per heavy atom. The summed E-state index contributed by atoms with van der Waals surface area (Å²) in [4.78, 5) is 9.30. The van der Waals surface area contributed by atoms with Crippen molar-refractivity contribution in [3.8, 4) is 0 Å². The summed E-state index contributed by atoms with van der Waals surface area (Å²) >= 11 is 1.84. The monoisotopic (exact) mass is 494 g/mol. The summed E-state index contributed by atoms with van der Waals surface area (Å²) in [5.41, 5.74) is 9.07. The highest BCUT2D eigenvalue weighted by Crippen LogP contribution is 2.29. The van der Waals surface area contributed by atoms with Gasteiger partial charge in [-0.15, -0.1) is 0 Å². The first kappa shape index (κ1) is 25.7. The van der Waals surface area contributed by atoms with E-state index in [0.717, 1.165) is 58.8 Å². The molecule has 36 heavy (non-hydrogen) atoms. The van der Waals surface area contributed by atoms with Crippen LogP contribution in [0.25, 0.3) is 16.5 Å². The maximum absolute atomic E-state index is 4.66. The van der Waals surface area contributed by atoms with E-state index in [2.05, 4.69) is 107 Å². The molecule has 1 heterocycles. The molecule has 0 atom stereocenters. The van der Waals surface area contributed by atoms with E-state index in [9.17, 15) is 0 Å². The number of allylic oxidation sites excluding steroid dienone is 1. The van der Waals surface area contributed by atoms with Gasteiger partial charge in [-0.2, -0.15) is 11.8 Å². The van der Waals surface area contributed by atoms with Gasteiger partial charge in [0, 0.05) is 48.0 Å². The molecule has 0 unspecified atom stereocenters. The van der Waals surface area contributed by atoms with E-state index in [1.807, 2.05) is 37.2 Å². The summed E-state index contributed by atoms with van der Waals surface area (Å²) in [6.45, 7) is 5.82. The minimum absolute atomic E-state index is 0.754. The third-order valence-corrected chi connectivity index (χ3v) is 6.77. The van der Waals surface area contributed by atoms with Crippen molar-refractivity contribution in [3.05, 3.63) is 107 Å². The van der Waals surface area contributed by atoms with Crippen LogP contribution in [0.5, 0.6) is 0 Å². The number of thioether (sulfide) groups is 1. The molecule has 0 bridgehead atoms. The highest BCUT2D eigenvalue weighted by atomic mass is 32.2. The topological polar surface area (TPSA) is 49.3 Å². The third kappa shape index (κ3) is 6.84. The van der Waals surface area contributed by atoms with E-state index >= 15 is 0 Å². The molecule has 0 fully saturated rings. The second-order valence-electron chi connectivity index (χ2n) is 8.70. The van der Waals surface area contributed by atoms with Gasteiger partial charge in [-0.05, 0) is 73.1 Å². The normalized spacial score (nSPS) is 12.2. The molecular formula is C31H34N4S. The summed E-state index contributed by atoms with van der Waals surface area (Å²) in [6, 6.07) is 27.7. The lowest BCUT2D eigenvalue weighted by Gasteiger charge is -2.13. The van der Waals surface area contributed by atoms with Crippen LogP contribution in [-0.2, 0) is 6.42 Å². The molecule has 4 nitrogen and oxygen atoms in total. The zero-order valence-electron chi connectivity index (χ0n) is 21.3. The zero-order valence-corrected chi connectivity index (χ0v) is 22.1. The van der Waals surface area contributed by atoms with Crippen molar-refractivity contribution in [1.29, 1.82) is 0 Å². The van der Waals surface area contributed by atoms with Crippen LogP contribution in [0.3, 0.4) is 0 Å². The number of hydrogen-bond donors (Lipinski definition) is 2. The molecule has 4 rings (SSSR count). The lowest BCUT2D eigenvalue weighted by Crippen LogP contribution is -2.20. The van der Waals surface area contributed by atoms with E-state index in [0.29, 0.717) is 0 Å². The number of aromatic nitrogens is 1. The second-order valence-corrected chi connectivity index (χ2v) is 9.69. The number of fused-ring (bicyclic) bond motifs is 1. The summed E-state index contributed by atoms with van der Waals surface area (Å²) < 4.78 is 0. The van der Waals surface area contributed by atoms with Crippen LogP contribution in [0.4, 0.5) is 11.4 Å². The van der Waals surface area contributed by atoms with Gasteiger partial charge in [0.15, 0.2) is 0 Å². The zero-order chi connectivity index (χ0) is 25.2. The van der Waals surface area contributed by atoms with Gasteiger partial charge in [-0.25, -0.2) is 0 Å². The van der Waals surface area contributed by atoms with Crippen molar-refractivity contribution in [2.24, 2.45) is 4.99 Å². The van der Waals surface area contributed by atoms with E-state index in [1.165, 1.54) is 16.7 Å². The maximum atomic E-state index is 4.66. The van der Waals surface area contributed by atoms with Crippen molar-refractivity contribution in [1.82, 2.24) is 10.3 Å². The Kier molecular flexibility index (Phi) is 9.31. The fraction of sp³-hybridized carbons (Fsp3) is 0.226. The number of nitrogens with zero attached hydrogens (tertiary/aromatic N) is 2. The SMILES string of the molecule is CC=N/C(CNCCSC)=C(\C)c1ccc2c(Nc3ccc(Cc4ccccc4)cc3)ccnc2c1. The largest absolute Gasteiger partial charge is 0.355 e. The Labute approximate surface area is 219 Å². The number of nitrogens with one attached hydrogen (secondary N) is 2. The van der Waals surface area contributed by atoms with Gasteiger partial charge in [-0.1, -0.05) is 54.6 Å². The number of aliphatic imine (C=N–C) groups is 1. The average molecular weight is 495 g/mol. The number of anilines is 2. The Hall–Kier alpha value is -3.41. The van der Waals surface area contributed by atoms with Gasteiger partial charge in [0.05, 0.1) is 11.2 Å². The molecule has 0 saturated carbocycles. The Bertz CT molecular complexity index is 1330. The smallest absolute Gasteiger partial charge is 0.0728 e. The molecule has 0 radical (unpaired) electrons. The van der Waals surface area contributed by atoms with Crippen molar-refractivity contribution in [3.63, 3.8) is 0 Å². The van der Waals surface area contributed by atoms with Gasteiger partial charge in [0.2, 0.25) is 0 Å². The second kappa shape index (κ2) is 13.1. The first-order valence-corrected chi connectivity index (χ1v) is 13.7. The number of pyridine rings is 1. The molecule has 5 heteroatoms. The van der Waals surface area contributed by atoms with Crippen LogP contribution in [-0.4, -0.2) is 36.3 Å². The lowest BCUT2D eigenvalue weighted by molar-refractivity contribution is 0.778. The van der Waals surface area contributed by atoms with E-state index in [4.69, 9.17) is 0 Å². The van der Waals surface area contributed by atoms with Crippen molar-refractivity contribution in [2.45, 2.75) is 20.3 Å². The van der Waals surface area contributed by atoms with E-state index in [-0.39, 0.29) is 0 Å². The van der Waals surface area contributed by atoms with Crippen molar-refractivity contribution >= 4 is 45.8 Å². The number of rotatable bonds is 11. The van der Waals surface area contributed by atoms with Crippen LogP contribution < -0.4 is 10.6 Å². The van der Waals surface area contributed by atoms with Gasteiger partial charge in [0.1, 0.15) is 0 Å². The summed E-state index contributed by atoms with van der Waals surface area (Å²) in [6.07, 6.45) is 6.79. The molecule has 2 N–H and O–H groups in total. The first-order valence-electron chi connectivity index (χ1n) is 12.3. The predicted octanol–water partition coefficient (Wildman–Crippen LogP) is 7.34. The Morgan fingerprint density at radius 2 is 1.75 bits per heavy atom. The maximum Gasteiger partial charge on any atom is 0.0728 e. The quantitative estimate of drug-likeness (QED) is 0.169. The molecule has 1 aromatic heterocycles. The van der Waals surface area contributed by atoms with Gasteiger partial charge in [0.25, 0.3) is 0 Å². The van der Waals surface area contributed by atoms with Crippen LogP contribution >= 0.6 is 11.8 Å². The number of hydrogen-bond acceptors (Lipinski definition) is 5. The average Bonchev–Trinajstić information content (AvgIpc) is 2.91. The van der Waals surface area contributed by atoms with E-state index in [1.54, 1.807) is 0 Å². The molecule has 4 aromatic rings. The predicted molar refractivity (Wildman–Crippen MR) is 159 cm³/mol. The Morgan fingerprint density at radius 1 is 0.972 bits per heavy atom. The number of benzene rings is 3. The minimum Gasteiger partial charge on any atom is -0.355 e. The highest BCUT2D eigenvalue weighted by molar-refractivity contribution is 7.98. The molecule has 184 valence electrons. The molecule has 0 amide bonds. The molecular weight excluding hydrogens is 460 g/mol. The molecule has 3 aromatic carbocycles. The van der Waals surface area contributed by atoms with Crippen LogP contribution in [0.15, 0.2) is 95.7 Å². The Balaban J connectivity index is 1.52. The molecule has 0 spiro atoms. The fourth-order valence-electron chi connectivity index (χ4n) is 4.16.